The summed E-state index contributed by atoms with van der Waals surface area (Å²) >= 11 is 0. The minimum Gasteiger partial charge on any atom is -0.369 e. The van der Waals surface area contributed by atoms with Crippen molar-refractivity contribution in [3.8, 4) is 11.8 Å². The second-order valence-corrected chi connectivity index (χ2v) is 5.69. The number of hydrogen-bond donors (Lipinski definition) is 1. The fraction of sp³-hybridized carbons (Fsp3) is 0.471. The van der Waals surface area contributed by atoms with Crippen LogP contribution >= 0.6 is 0 Å². The van der Waals surface area contributed by atoms with Crippen molar-refractivity contribution >= 4 is 11.6 Å². The first-order chi connectivity index (χ1) is 11.3. The van der Waals surface area contributed by atoms with Crippen molar-refractivity contribution in [2.45, 2.75) is 19.6 Å². The number of rotatable bonds is 3. The molecule has 1 fully saturated rings. The number of hydrogen-bond acceptors (Lipinski definition) is 3. The monoisotopic (exact) mass is 339 g/mol. The third-order valence-electron chi connectivity index (χ3n) is 3.93. The van der Waals surface area contributed by atoms with Crippen LogP contribution in [0.3, 0.4) is 0 Å². The number of carbonyl (C=O) groups excluding carboxylic acids is 1. The molecule has 4 nitrogen and oxygen atoms in total. The zero-order valence-electron chi connectivity index (χ0n) is 13.7. The summed E-state index contributed by atoms with van der Waals surface area (Å²) in [5.41, 5.74) is 0.452. The molecule has 1 N–H and O–H groups in total. The van der Waals surface area contributed by atoms with Gasteiger partial charge in [0.05, 0.1) is 5.56 Å². The second-order valence-electron chi connectivity index (χ2n) is 5.69. The molecule has 1 amide bonds. The number of benzene rings is 1. The van der Waals surface area contributed by atoms with E-state index in [-0.39, 0.29) is 6.54 Å². The average Bonchev–Trinajstić information content (AvgIpc) is 2.53. The molecule has 0 aliphatic carbocycles. The Morgan fingerprint density at radius 3 is 2.50 bits per heavy atom. The molecule has 7 heteroatoms. The largest absolute Gasteiger partial charge is 0.416 e. The van der Waals surface area contributed by atoms with Crippen molar-refractivity contribution < 1.29 is 18.0 Å². The zero-order valence-corrected chi connectivity index (χ0v) is 13.7. The summed E-state index contributed by atoms with van der Waals surface area (Å²) in [5, 5.41) is 2.55. The number of nitrogens with zero attached hydrogens (tertiary/aromatic N) is 2. The number of nitrogens with one attached hydrogen (secondary N) is 1. The van der Waals surface area contributed by atoms with Gasteiger partial charge in [0.25, 0.3) is 5.91 Å². The van der Waals surface area contributed by atoms with Crippen LogP contribution in [0.1, 0.15) is 18.1 Å². The summed E-state index contributed by atoms with van der Waals surface area (Å²) in [5.74, 6) is 4.29. The van der Waals surface area contributed by atoms with Crippen LogP contribution in [0.5, 0.6) is 0 Å². The van der Waals surface area contributed by atoms with Crippen LogP contribution < -0.4 is 10.2 Å². The molecule has 0 spiro atoms. The topological polar surface area (TPSA) is 35.6 Å². The Balaban J connectivity index is 2.27. The Labute approximate surface area is 139 Å². The molecule has 1 aliphatic rings. The van der Waals surface area contributed by atoms with E-state index in [2.05, 4.69) is 22.1 Å². The average molecular weight is 339 g/mol. The van der Waals surface area contributed by atoms with Crippen LogP contribution in [-0.4, -0.2) is 44.0 Å². The van der Waals surface area contributed by atoms with Gasteiger partial charge < -0.3 is 15.1 Å². The molecule has 1 saturated heterocycles. The summed E-state index contributed by atoms with van der Waals surface area (Å²) in [6.45, 7) is 4.69. The van der Waals surface area contributed by atoms with Gasteiger partial charge in [0.2, 0.25) is 0 Å². The Hall–Kier alpha value is -2.20. The molecule has 0 unspecified atom stereocenters. The van der Waals surface area contributed by atoms with Crippen molar-refractivity contribution in [3.63, 3.8) is 0 Å². The molecule has 1 heterocycles. The number of likely N-dealkylation sites (N-methyl/N-ethyl adjacent to an activating group) is 1. The van der Waals surface area contributed by atoms with Gasteiger partial charge in [-0.15, -0.1) is 0 Å². The lowest BCUT2D eigenvalue weighted by Gasteiger charge is -2.35. The maximum absolute atomic E-state index is 13.0. The van der Waals surface area contributed by atoms with Gasteiger partial charge in [0.1, 0.15) is 0 Å². The summed E-state index contributed by atoms with van der Waals surface area (Å²) in [7, 11) is 2.01. The normalized spacial score (nSPS) is 15.6. The van der Waals surface area contributed by atoms with Crippen LogP contribution in [0.2, 0.25) is 0 Å². The zero-order chi connectivity index (χ0) is 17.7. The van der Waals surface area contributed by atoms with Crippen molar-refractivity contribution in [2.75, 3.05) is 38.1 Å². The van der Waals surface area contributed by atoms with E-state index in [1.54, 1.807) is 0 Å². The van der Waals surface area contributed by atoms with Crippen LogP contribution in [-0.2, 0) is 17.5 Å². The van der Waals surface area contributed by atoms with Crippen molar-refractivity contribution in [1.82, 2.24) is 10.2 Å². The van der Waals surface area contributed by atoms with E-state index in [1.807, 2.05) is 11.9 Å². The van der Waals surface area contributed by atoms with E-state index in [9.17, 15) is 18.0 Å². The van der Waals surface area contributed by atoms with E-state index in [4.69, 9.17) is 0 Å². The molecule has 1 aliphatic heterocycles. The summed E-state index contributed by atoms with van der Waals surface area (Å²) in [6, 6.07) is 3.68. The molecule has 2 rings (SSSR count). The van der Waals surface area contributed by atoms with Gasteiger partial charge >= 0.3 is 6.18 Å². The maximum Gasteiger partial charge on any atom is 0.416 e. The number of anilines is 1. The van der Waals surface area contributed by atoms with E-state index < -0.39 is 17.6 Å². The second kappa shape index (κ2) is 7.58. The predicted molar refractivity (Wildman–Crippen MR) is 86.5 cm³/mol. The summed E-state index contributed by atoms with van der Waals surface area (Å²) < 4.78 is 38.9. The Kier molecular flexibility index (Phi) is 5.73. The lowest BCUT2D eigenvalue weighted by atomic mass is 10.1. The highest BCUT2D eigenvalue weighted by Crippen LogP contribution is 2.33. The third-order valence-corrected chi connectivity index (χ3v) is 3.93. The van der Waals surface area contributed by atoms with E-state index >= 15 is 0 Å². The van der Waals surface area contributed by atoms with Crippen LogP contribution in [0, 0.1) is 11.8 Å². The van der Waals surface area contributed by atoms with Crippen molar-refractivity contribution in [3.05, 3.63) is 29.3 Å². The molecular formula is C17H20F3N3O. The molecule has 0 aromatic heterocycles. The van der Waals surface area contributed by atoms with E-state index in [1.165, 1.54) is 13.0 Å². The van der Waals surface area contributed by atoms with E-state index in [0.29, 0.717) is 5.56 Å². The van der Waals surface area contributed by atoms with Gasteiger partial charge in [-0.25, -0.2) is 0 Å². The molecule has 1 aromatic carbocycles. The standard InChI is InChI=1S/C17H20F3N3O/c1-3-4-16(24)21-12-13-11-14(17(18,19)20)5-6-15(13)23-9-7-22(2)8-10-23/h5-6,11H,7-10,12H2,1-2H3,(H,21,24). The fourth-order valence-electron chi connectivity index (χ4n) is 2.59. The summed E-state index contributed by atoms with van der Waals surface area (Å²) in [4.78, 5) is 15.7. The Morgan fingerprint density at radius 2 is 1.92 bits per heavy atom. The van der Waals surface area contributed by atoms with Gasteiger partial charge in [-0.1, -0.05) is 5.92 Å². The first-order valence-corrected chi connectivity index (χ1v) is 7.65. The van der Waals surface area contributed by atoms with Crippen LogP contribution in [0.15, 0.2) is 18.2 Å². The first-order valence-electron chi connectivity index (χ1n) is 7.65. The molecule has 0 bridgehead atoms. The SMILES string of the molecule is CC#CC(=O)NCc1cc(C(F)(F)F)ccc1N1CCN(C)CC1. The Bertz CT molecular complexity index is 653. The fourth-order valence-corrected chi connectivity index (χ4v) is 2.59. The van der Waals surface area contributed by atoms with Gasteiger partial charge in [-0.2, -0.15) is 13.2 Å². The van der Waals surface area contributed by atoms with Gasteiger partial charge in [-0.3, -0.25) is 4.79 Å². The third kappa shape index (κ3) is 4.65. The highest BCUT2D eigenvalue weighted by atomic mass is 19.4. The molecule has 0 atom stereocenters. The number of carbonyl (C=O) groups is 1. The Morgan fingerprint density at radius 1 is 1.25 bits per heavy atom. The van der Waals surface area contributed by atoms with Gasteiger partial charge in [0, 0.05) is 38.4 Å². The number of alkyl halides is 3. The molecule has 24 heavy (non-hydrogen) atoms. The summed E-state index contributed by atoms with van der Waals surface area (Å²) in [6.07, 6.45) is -4.41. The van der Waals surface area contributed by atoms with Crippen molar-refractivity contribution in [2.24, 2.45) is 0 Å². The molecule has 0 saturated carbocycles. The highest BCUT2D eigenvalue weighted by Gasteiger charge is 2.31. The maximum atomic E-state index is 13.0. The highest BCUT2D eigenvalue weighted by molar-refractivity contribution is 5.93. The van der Waals surface area contributed by atoms with Crippen LogP contribution in [0.25, 0.3) is 0 Å². The molecular weight excluding hydrogens is 319 g/mol. The minimum absolute atomic E-state index is 0.0130. The number of halogens is 3. The van der Waals surface area contributed by atoms with Gasteiger partial charge in [-0.05, 0) is 43.7 Å². The number of amides is 1. The quantitative estimate of drug-likeness (QED) is 0.857. The number of piperazine rings is 1. The minimum atomic E-state index is -4.41. The predicted octanol–water partition coefficient (Wildman–Crippen LogP) is 2.10. The smallest absolute Gasteiger partial charge is 0.369 e. The van der Waals surface area contributed by atoms with E-state index in [0.717, 1.165) is 44.0 Å². The molecule has 0 radical (unpaired) electrons. The van der Waals surface area contributed by atoms with Gasteiger partial charge in [0.15, 0.2) is 0 Å². The lowest BCUT2D eigenvalue weighted by molar-refractivity contribution is -0.137. The molecule has 1 aromatic rings. The van der Waals surface area contributed by atoms with Crippen LogP contribution in [0.4, 0.5) is 18.9 Å². The molecule has 130 valence electrons. The lowest BCUT2D eigenvalue weighted by Crippen LogP contribution is -2.45. The van der Waals surface area contributed by atoms with Crippen molar-refractivity contribution in [1.29, 1.82) is 0 Å². The first kappa shape index (κ1) is 18.1.